The third-order valence-corrected chi connectivity index (χ3v) is 16.5. The quantitative estimate of drug-likeness (QED) is 0.0261. The minimum Gasteiger partial charge on any atom is -0.462 e. The Hall–Kier alpha value is -2.89. The molecule has 0 spiro atoms. The van der Waals surface area contributed by atoms with Crippen molar-refractivity contribution in [2.75, 3.05) is 13.2 Å². The van der Waals surface area contributed by atoms with E-state index < -0.39 is 6.10 Å². The summed E-state index contributed by atoms with van der Waals surface area (Å²) >= 11 is 0. The van der Waals surface area contributed by atoms with Crippen LogP contribution in [0.4, 0.5) is 0 Å². The summed E-state index contributed by atoms with van der Waals surface area (Å²) in [6.07, 6.45) is 92.6. The van der Waals surface area contributed by atoms with Crippen molar-refractivity contribution in [1.82, 2.24) is 0 Å². The predicted molar refractivity (Wildman–Crippen MR) is 362 cm³/mol. The lowest BCUT2D eigenvalue weighted by atomic mass is 10.0. The molecule has 1 unspecified atom stereocenters. The largest absolute Gasteiger partial charge is 0.462 e. The van der Waals surface area contributed by atoms with Crippen molar-refractivity contribution < 1.29 is 28.6 Å². The highest BCUT2D eigenvalue weighted by Gasteiger charge is 2.19. The van der Waals surface area contributed by atoms with Crippen molar-refractivity contribution in [2.24, 2.45) is 0 Å². The van der Waals surface area contributed by atoms with Crippen LogP contribution in [0.3, 0.4) is 0 Å². The van der Waals surface area contributed by atoms with Gasteiger partial charge in [-0.2, -0.15) is 0 Å². The summed E-state index contributed by atoms with van der Waals surface area (Å²) in [7, 11) is 0. The van der Waals surface area contributed by atoms with Crippen LogP contribution in [-0.2, 0) is 28.6 Å². The molecule has 0 aliphatic heterocycles. The minimum absolute atomic E-state index is 0.0657. The van der Waals surface area contributed by atoms with Gasteiger partial charge in [-0.3, -0.25) is 14.4 Å². The van der Waals surface area contributed by atoms with Crippen molar-refractivity contribution in [3.05, 3.63) is 60.8 Å². The molecule has 0 bridgehead atoms. The molecule has 6 heteroatoms. The van der Waals surface area contributed by atoms with Crippen LogP contribution in [0.5, 0.6) is 0 Å². The van der Waals surface area contributed by atoms with Gasteiger partial charge in [0, 0.05) is 19.3 Å². The molecule has 0 aromatic carbocycles. The molecule has 0 heterocycles. The predicted octanol–water partition coefficient (Wildman–Crippen LogP) is 25.5. The number of carbonyl (C=O) groups is 3. The fraction of sp³-hybridized carbons (Fsp3) is 0.831. The molecule has 0 saturated carbocycles. The Bertz CT molecular complexity index is 1470. The Labute approximate surface area is 517 Å². The van der Waals surface area contributed by atoms with Crippen molar-refractivity contribution >= 4 is 17.9 Å². The summed E-state index contributed by atoms with van der Waals surface area (Å²) in [6, 6.07) is 0. The Balaban J connectivity index is 4.15. The second-order valence-corrected chi connectivity index (χ2v) is 24.8. The highest BCUT2D eigenvalue weighted by atomic mass is 16.6. The minimum atomic E-state index is -0.769. The summed E-state index contributed by atoms with van der Waals surface area (Å²) in [5.41, 5.74) is 0. The van der Waals surface area contributed by atoms with Crippen LogP contribution < -0.4 is 0 Å². The van der Waals surface area contributed by atoms with Gasteiger partial charge in [0.05, 0.1) is 0 Å². The first-order chi connectivity index (χ1) is 41.0. The van der Waals surface area contributed by atoms with Crippen LogP contribution in [0.2, 0.25) is 0 Å². The van der Waals surface area contributed by atoms with Crippen molar-refractivity contribution in [3.63, 3.8) is 0 Å². The fourth-order valence-corrected chi connectivity index (χ4v) is 11.1. The maximum absolute atomic E-state index is 13.0. The van der Waals surface area contributed by atoms with Gasteiger partial charge in [-0.25, -0.2) is 0 Å². The molecule has 0 aliphatic rings. The number of unbranched alkanes of at least 4 members (excludes halogenated alkanes) is 47. The number of allylic oxidation sites excluding steroid dienone is 10. The lowest BCUT2D eigenvalue weighted by Gasteiger charge is -2.18. The van der Waals surface area contributed by atoms with Crippen LogP contribution >= 0.6 is 0 Å². The third kappa shape index (κ3) is 69.8. The number of hydrogen-bond acceptors (Lipinski definition) is 6. The summed E-state index contributed by atoms with van der Waals surface area (Å²) in [5.74, 6) is -0.835. The highest BCUT2D eigenvalue weighted by molar-refractivity contribution is 5.71. The van der Waals surface area contributed by atoms with Crippen molar-refractivity contribution in [3.8, 4) is 0 Å². The van der Waals surface area contributed by atoms with Gasteiger partial charge >= 0.3 is 17.9 Å². The van der Waals surface area contributed by atoms with Gasteiger partial charge in [-0.05, 0) is 64.2 Å². The average molecular weight is 1160 g/mol. The molecule has 0 saturated heterocycles. The Kier molecular flexibility index (Phi) is 69.1. The topological polar surface area (TPSA) is 78.9 Å². The molecule has 0 aromatic rings. The van der Waals surface area contributed by atoms with Crippen molar-refractivity contribution in [2.45, 2.75) is 399 Å². The summed E-state index contributed by atoms with van der Waals surface area (Å²) < 4.78 is 17.0. The molecule has 0 aliphatic carbocycles. The van der Waals surface area contributed by atoms with Gasteiger partial charge in [0.1, 0.15) is 13.2 Å². The molecule has 83 heavy (non-hydrogen) atoms. The highest BCUT2D eigenvalue weighted by Crippen LogP contribution is 2.19. The third-order valence-electron chi connectivity index (χ3n) is 16.5. The summed E-state index contributed by atoms with van der Waals surface area (Å²) in [4.78, 5) is 38.4. The van der Waals surface area contributed by atoms with Crippen LogP contribution in [0.25, 0.3) is 0 Å². The molecule has 0 fully saturated rings. The zero-order chi connectivity index (χ0) is 59.9. The molecule has 484 valence electrons. The van der Waals surface area contributed by atoms with E-state index in [1.807, 2.05) is 0 Å². The zero-order valence-corrected chi connectivity index (χ0v) is 55.7. The van der Waals surface area contributed by atoms with Gasteiger partial charge in [0.2, 0.25) is 0 Å². The molecule has 0 aromatic heterocycles. The van der Waals surface area contributed by atoms with E-state index in [0.717, 1.165) is 89.9 Å². The zero-order valence-electron chi connectivity index (χ0n) is 55.7. The molecule has 6 nitrogen and oxygen atoms in total. The van der Waals surface area contributed by atoms with Crippen molar-refractivity contribution in [1.29, 1.82) is 0 Å². The first kappa shape index (κ1) is 80.1. The SMILES string of the molecule is CC/C=C\C/C=C\C/C=C\C/C=C\C/C=C\CCCCCCCCCCCCCCCCCCCC(=O)OCC(COC(=O)CCCCCCCCCCCCCCC)OC(=O)CCCCCCCCCCCCCCCCCCCCC. The molecule has 0 rings (SSSR count). The molecule has 0 N–H and O–H groups in total. The van der Waals surface area contributed by atoms with Crippen LogP contribution in [0.15, 0.2) is 60.8 Å². The van der Waals surface area contributed by atoms with E-state index in [0.29, 0.717) is 19.3 Å². The molecule has 1 atom stereocenters. The molecular formula is C77H140O6. The molecule has 0 amide bonds. The van der Waals surface area contributed by atoms with E-state index in [1.54, 1.807) is 0 Å². The fourth-order valence-electron chi connectivity index (χ4n) is 11.1. The van der Waals surface area contributed by atoms with Gasteiger partial charge in [-0.15, -0.1) is 0 Å². The maximum Gasteiger partial charge on any atom is 0.306 e. The van der Waals surface area contributed by atoms with Gasteiger partial charge in [-0.1, -0.05) is 370 Å². The second-order valence-electron chi connectivity index (χ2n) is 24.8. The van der Waals surface area contributed by atoms with E-state index in [-0.39, 0.29) is 31.1 Å². The number of carbonyl (C=O) groups excluding carboxylic acids is 3. The maximum atomic E-state index is 13.0. The van der Waals surface area contributed by atoms with E-state index >= 15 is 0 Å². The van der Waals surface area contributed by atoms with E-state index in [1.165, 1.54) is 263 Å². The number of ether oxygens (including phenoxy) is 3. The first-order valence-corrected chi connectivity index (χ1v) is 36.8. The lowest BCUT2D eigenvalue weighted by molar-refractivity contribution is -0.167. The summed E-state index contributed by atoms with van der Waals surface area (Å²) in [6.45, 7) is 6.60. The van der Waals surface area contributed by atoms with Gasteiger partial charge in [0.15, 0.2) is 6.10 Å². The number of rotatable bonds is 68. The average Bonchev–Trinajstić information content (AvgIpc) is 3.49. The van der Waals surface area contributed by atoms with Crippen LogP contribution in [0, 0.1) is 0 Å². The smallest absolute Gasteiger partial charge is 0.306 e. The van der Waals surface area contributed by atoms with Crippen LogP contribution in [0.1, 0.15) is 393 Å². The van der Waals surface area contributed by atoms with Gasteiger partial charge in [0.25, 0.3) is 0 Å². The Morgan fingerprint density at radius 1 is 0.253 bits per heavy atom. The van der Waals surface area contributed by atoms with E-state index in [2.05, 4.69) is 81.5 Å². The van der Waals surface area contributed by atoms with Crippen LogP contribution in [-0.4, -0.2) is 37.2 Å². The normalized spacial score (nSPS) is 12.4. The van der Waals surface area contributed by atoms with Gasteiger partial charge < -0.3 is 14.2 Å². The Morgan fingerprint density at radius 3 is 0.735 bits per heavy atom. The monoisotopic (exact) mass is 1160 g/mol. The molecule has 0 radical (unpaired) electrons. The summed E-state index contributed by atoms with van der Waals surface area (Å²) in [5, 5.41) is 0. The number of esters is 3. The molecular weight excluding hydrogens is 1020 g/mol. The van der Waals surface area contributed by atoms with E-state index in [9.17, 15) is 14.4 Å². The lowest BCUT2D eigenvalue weighted by Crippen LogP contribution is -2.30. The number of hydrogen-bond donors (Lipinski definition) is 0. The standard InChI is InChI=1S/C77H140O6/c1-4-7-10-13-16-19-22-25-27-29-31-32-33-34-35-36-37-38-39-40-41-42-43-44-46-47-49-52-55-58-61-64-67-70-76(79)82-73-74(72-81-75(78)69-66-63-60-57-54-51-24-21-18-15-12-9-6-3)83-77(80)71-68-65-62-59-56-53-50-48-45-30-28-26-23-20-17-14-11-8-5-2/h7,10,16,19,25,27,31-32,34-35,74H,4-6,8-9,11-15,17-18,20-24,26,28-30,33,36-73H2,1-3H3/b10-7-,19-16-,27-25-,32-31-,35-34-. The second kappa shape index (κ2) is 71.6. The Morgan fingerprint density at radius 2 is 0.470 bits per heavy atom. The van der Waals surface area contributed by atoms with E-state index in [4.69, 9.17) is 14.2 Å². The first-order valence-electron chi connectivity index (χ1n) is 36.8.